The molecule has 0 spiro atoms. The summed E-state index contributed by atoms with van der Waals surface area (Å²) >= 11 is 1.20. The second-order valence-corrected chi connectivity index (χ2v) is 4.25. The minimum absolute atomic E-state index is 0.0996. The van der Waals surface area contributed by atoms with Gasteiger partial charge in [0.05, 0.1) is 11.8 Å². The Morgan fingerprint density at radius 1 is 1.75 bits per heavy atom. The van der Waals surface area contributed by atoms with E-state index in [1.807, 2.05) is 0 Å². The molecule has 0 radical (unpaired) electrons. The van der Waals surface area contributed by atoms with Crippen LogP contribution in [0.5, 0.6) is 0 Å². The Hall–Kier alpha value is -1.34. The van der Waals surface area contributed by atoms with E-state index >= 15 is 0 Å². The lowest BCUT2D eigenvalue weighted by Gasteiger charge is -2.07. The standard InChI is InChI=1S/C9H14N4O2S/c1-3-4-11-8(14)6(2)16-9-13-12-7(5-10)15-9/h3,6H,1,4-5,10H2,2H3,(H,11,14). The van der Waals surface area contributed by atoms with Crippen LogP contribution in [0, 0.1) is 0 Å². The number of hydrogen-bond donors (Lipinski definition) is 2. The number of nitrogens with two attached hydrogens (primary N) is 1. The molecule has 1 amide bonds. The quantitative estimate of drug-likeness (QED) is 0.551. The van der Waals surface area contributed by atoms with Gasteiger partial charge in [0.2, 0.25) is 11.8 Å². The summed E-state index contributed by atoms with van der Waals surface area (Å²) in [6.07, 6.45) is 1.62. The third-order valence-corrected chi connectivity index (χ3v) is 2.62. The predicted octanol–water partition coefficient (Wildman–Crippen LogP) is 0.311. The zero-order valence-corrected chi connectivity index (χ0v) is 9.79. The number of nitrogens with one attached hydrogen (secondary N) is 1. The molecule has 0 aromatic carbocycles. The van der Waals surface area contributed by atoms with Crippen molar-refractivity contribution in [1.29, 1.82) is 0 Å². The first-order valence-corrected chi connectivity index (χ1v) is 5.63. The molecule has 1 atom stereocenters. The maximum absolute atomic E-state index is 11.5. The Bertz CT molecular complexity index is 366. The molecule has 0 aliphatic heterocycles. The Balaban J connectivity index is 2.46. The van der Waals surface area contributed by atoms with Crippen LogP contribution in [0.25, 0.3) is 0 Å². The van der Waals surface area contributed by atoms with Crippen molar-refractivity contribution in [2.75, 3.05) is 6.54 Å². The van der Waals surface area contributed by atoms with E-state index in [1.54, 1.807) is 13.0 Å². The predicted molar refractivity (Wildman–Crippen MR) is 60.7 cm³/mol. The first-order valence-electron chi connectivity index (χ1n) is 4.75. The summed E-state index contributed by atoms with van der Waals surface area (Å²) in [5, 5.41) is 10.2. The number of aromatic nitrogens is 2. The summed E-state index contributed by atoms with van der Waals surface area (Å²) in [6.45, 7) is 5.92. The van der Waals surface area contributed by atoms with E-state index in [0.717, 1.165) is 0 Å². The van der Waals surface area contributed by atoms with Crippen LogP contribution in [0.3, 0.4) is 0 Å². The van der Waals surface area contributed by atoms with Crippen molar-refractivity contribution in [3.8, 4) is 0 Å². The number of rotatable bonds is 6. The molecule has 7 heteroatoms. The fourth-order valence-electron chi connectivity index (χ4n) is 0.890. The number of thioether (sulfide) groups is 1. The molecule has 88 valence electrons. The van der Waals surface area contributed by atoms with Crippen LogP contribution in [0.4, 0.5) is 0 Å². The third-order valence-electron chi connectivity index (χ3n) is 1.69. The van der Waals surface area contributed by atoms with Gasteiger partial charge in [-0.15, -0.1) is 16.8 Å². The highest BCUT2D eigenvalue weighted by atomic mass is 32.2. The number of nitrogens with zero attached hydrogens (tertiary/aromatic N) is 2. The van der Waals surface area contributed by atoms with Gasteiger partial charge >= 0.3 is 0 Å². The van der Waals surface area contributed by atoms with Gasteiger partial charge in [0, 0.05) is 6.54 Å². The van der Waals surface area contributed by atoms with Crippen molar-refractivity contribution in [1.82, 2.24) is 15.5 Å². The first-order chi connectivity index (χ1) is 7.67. The van der Waals surface area contributed by atoms with E-state index in [1.165, 1.54) is 11.8 Å². The minimum Gasteiger partial charge on any atom is -0.415 e. The van der Waals surface area contributed by atoms with Gasteiger partial charge in [-0.2, -0.15) is 0 Å². The van der Waals surface area contributed by atoms with Crippen molar-refractivity contribution in [3.05, 3.63) is 18.5 Å². The van der Waals surface area contributed by atoms with E-state index in [9.17, 15) is 4.79 Å². The highest BCUT2D eigenvalue weighted by Gasteiger charge is 2.17. The second-order valence-electron chi connectivity index (χ2n) is 2.96. The van der Waals surface area contributed by atoms with Crippen LogP contribution in [0.1, 0.15) is 12.8 Å². The van der Waals surface area contributed by atoms with Gasteiger partial charge < -0.3 is 15.5 Å². The average molecular weight is 242 g/mol. The van der Waals surface area contributed by atoms with Crippen molar-refractivity contribution in [3.63, 3.8) is 0 Å². The van der Waals surface area contributed by atoms with Crippen LogP contribution in [0.2, 0.25) is 0 Å². The molecule has 3 N–H and O–H groups in total. The number of carbonyl (C=O) groups is 1. The lowest BCUT2D eigenvalue weighted by Crippen LogP contribution is -2.30. The molecule has 0 fully saturated rings. The summed E-state index contributed by atoms with van der Waals surface area (Å²) in [5.74, 6) is 0.263. The highest BCUT2D eigenvalue weighted by molar-refractivity contribution is 8.00. The van der Waals surface area contributed by atoms with Gasteiger partial charge in [0.15, 0.2) is 0 Å². The lowest BCUT2D eigenvalue weighted by atomic mass is 10.4. The molecule has 0 saturated heterocycles. The largest absolute Gasteiger partial charge is 0.415 e. The molecular formula is C9H14N4O2S. The van der Waals surface area contributed by atoms with Crippen LogP contribution >= 0.6 is 11.8 Å². The van der Waals surface area contributed by atoms with Gasteiger partial charge in [-0.1, -0.05) is 17.8 Å². The highest BCUT2D eigenvalue weighted by Crippen LogP contribution is 2.21. The van der Waals surface area contributed by atoms with Gasteiger partial charge in [0.25, 0.3) is 5.22 Å². The molecule has 0 aliphatic carbocycles. The Kier molecular flexibility index (Phi) is 5.00. The molecule has 1 aromatic heterocycles. The molecule has 6 nitrogen and oxygen atoms in total. The van der Waals surface area contributed by atoms with E-state index in [4.69, 9.17) is 10.2 Å². The van der Waals surface area contributed by atoms with Gasteiger partial charge in [0.1, 0.15) is 0 Å². The maximum Gasteiger partial charge on any atom is 0.277 e. The summed E-state index contributed by atoms with van der Waals surface area (Å²) in [5.41, 5.74) is 5.32. The van der Waals surface area contributed by atoms with E-state index in [2.05, 4.69) is 22.1 Å². The smallest absolute Gasteiger partial charge is 0.277 e. The summed E-state index contributed by atoms with van der Waals surface area (Å²) < 4.78 is 5.17. The molecular weight excluding hydrogens is 228 g/mol. The van der Waals surface area contributed by atoms with E-state index in [0.29, 0.717) is 17.7 Å². The molecule has 1 aromatic rings. The summed E-state index contributed by atoms with van der Waals surface area (Å²) in [4.78, 5) is 11.5. The van der Waals surface area contributed by atoms with Gasteiger partial charge in [-0.3, -0.25) is 4.79 Å². The Morgan fingerprint density at radius 2 is 2.50 bits per heavy atom. The lowest BCUT2D eigenvalue weighted by molar-refractivity contribution is -0.120. The second kappa shape index (κ2) is 6.29. The number of hydrogen-bond acceptors (Lipinski definition) is 6. The topological polar surface area (TPSA) is 94.0 Å². The molecule has 0 aliphatic rings. The van der Waals surface area contributed by atoms with Crippen LogP contribution in [0.15, 0.2) is 22.3 Å². The van der Waals surface area contributed by atoms with Crippen molar-refractivity contribution >= 4 is 17.7 Å². The number of amides is 1. The fraction of sp³-hybridized carbons (Fsp3) is 0.444. The molecule has 1 heterocycles. The van der Waals surface area contributed by atoms with Gasteiger partial charge in [-0.05, 0) is 6.92 Å². The third kappa shape index (κ3) is 3.67. The monoisotopic (exact) mass is 242 g/mol. The summed E-state index contributed by atoms with van der Waals surface area (Å²) in [7, 11) is 0. The van der Waals surface area contributed by atoms with Crippen molar-refractivity contribution in [2.45, 2.75) is 23.9 Å². The molecule has 0 saturated carbocycles. The van der Waals surface area contributed by atoms with Gasteiger partial charge in [-0.25, -0.2) is 0 Å². The van der Waals surface area contributed by atoms with Crippen LogP contribution < -0.4 is 11.1 Å². The Morgan fingerprint density at radius 3 is 3.06 bits per heavy atom. The molecule has 1 rings (SSSR count). The zero-order chi connectivity index (χ0) is 12.0. The molecule has 16 heavy (non-hydrogen) atoms. The van der Waals surface area contributed by atoms with E-state index in [-0.39, 0.29) is 17.7 Å². The number of carbonyl (C=O) groups excluding carboxylic acids is 1. The van der Waals surface area contributed by atoms with E-state index < -0.39 is 0 Å². The van der Waals surface area contributed by atoms with Crippen molar-refractivity contribution < 1.29 is 9.21 Å². The normalized spacial score (nSPS) is 12.1. The van der Waals surface area contributed by atoms with Crippen LogP contribution in [-0.4, -0.2) is 27.9 Å². The van der Waals surface area contributed by atoms with Crippen LogP contribution in [-0.2, 0) is 11.3 Å². The Labute approximate surface area is 97.7 Å². The fourth-order valence-corrected chi connectivity index (χ4v) is 1.61. The summed E-state index contributed by atoms with van der Waals surface area (Å²) in [6, 6.07) is 0. The molecule has 1 unspecified atom stereocenters. The average Bonchev–Trinajstić information content (AvgIpc) is 2.73. The zero-order valence-electron chi connectivity index (χ0n) is 8.97. The first kappa shape index (κ1) is 12.7. The minimum atomic E-state index is -0.300. The van der Waals surface area contributed by atoms with Crippen molar-refractivity contribution in [2.24, 2.45) is 5.73 Å². The maximum atomic E-state index is 11.5. The SMILES string of the molecule is C=CCNC(=O)C(C)Sc1nnc(CN)o1. The molecule has 0 bridgehead atoms.